The van der Waals surface area contributed by atoms with E-state index in [9.17, 15) is 14.4 Å². The van der Waals surface area contributed by atoms with Crippen molar-refractivity contribution in [3.8, 4) is 0 Å². The second-order valence-electron chi connectivity index (χ2n) is 5.72. The number of nitrogens with one attached hydrogen (secondary N) is 2. The first-order valence-corrected chi connectivity index (χ1v) is 10.1. The smallest absolute Gasteiger partial charge is 0.327 e. The number of aliphatic carboxylic acids is 1. The van der Waals surface area contributed by atoms with Gasteiger partial charge in [-0.2, -0.15) is 24.4 Å². The summed E-state index contributed by atoms with van der Waals surface area (Å²) < 4.78 is 0. The summed E-state index contributed by atoms with van der Waals surface area (Å²) in [5.41, 5.74) is 6.86. The molecule has 0 bridgehead atoms. The zero-order valence-electron chi connectivity index (χ0n) is 14.6. The first-order chi connectivity index (χ1) is 12.4. The lowest BCUT2D eigenvalue weighted by Crippen LogP contribution is -2.55. The Labute approximate surface area is 162 Å². The first kappa shape index (κ1) is 22.3. The van der Waals surface area contributed by atoms with Gasteiger partial charge >= 0.3 is 5.97 Å². The highest BCUT2D eigenvalue weighted by Gasteiger charge is 2.27. The molecule has 9 heteroatoms. The largest absolute Gasteiger partial charge is 0.480 e. The van der Waals surface area contributed by atoms with Crippen molar-refractivity contribution in [1.29, 1.82) is 0 Å². The van der Waals surface area contributed by atoms with E-state index in [0.29, 0.717) is 18.6 Å². The van der Waals surface area contributed by atoms with Crippen LogP contribution in [0.3, 0.4) is 0 Å². The Balaban J connectivity index is 2.71. The molecule has 0 fully saturated rings. The summed E-state index contributed by atoms with van der Waals surface area (Å²) in [6.07, 6.45) is 2.60. The Kier molecular flexibility index (Phi) is 10.2. The van der Waals surface area contributed by atoms with Crippen molar-refractivity contribution >= 4 is 42.2 Å². The minimum atomic E-state index is -1.18. The van der Waals surface area contributed by atoms with Crippen LogP contribution in [-0.4, -0.2) is 58.8 Å². The summed E-state index contributed by atoms with van der Waals surface area (Å²) >= 11 is 5.44. The van der Waals surface area contributed by atoms with Crippen LogP contribution in [0.15, 0.2) is 30.3 Å². The van der Waals surface area contributed by atoms with E-state index in [2.05, 4.69) is 23.3 Å². The Hall–Kier alpha value is -1.71. The highest BCUT2D eigenvalue weighted by Crippen LogP contribution is 2.05. The number of thioether (sulfide) groups is 1. The number of thiol groups is 1. The molecule has 1 rings (SSSR count). The van der Waals surface area contributed by atoms with E-state index in [1.807, 2.05) is 36.6 Å². The normalized spacial score (nSPS) is 14.1. The molecule has 5 N–H and O–H groups in total. The minimum Gasteiger partial charge on any atom is -0.480 e. The quantitative estimate of drug-likeness (QED) is 0.341. The molecule has 0 aromatic heterocycles. The summed E-state index contributed by atoms with van der Waals surface area (Å²) in [4.78, 5) is 35.8. The van der Waals surface area contributed by atoms with Crippen molar-refractivity contribution in [1.82, 2.24) is 10.6 Å². The van der Waals surface area contributed by atoms with Crippen molar-refractivity contribution in [2.75, 3.05) is 17.8 Å². The van der Waals surface area contributed by atoms with Gasteiger partial charge in [0, 0.05) is 5.75 Å². The molecule has 3 unspecified atom stereocenters. The van der Waals surface area contributed by atoms with E-state index in [0.717, 1.165) is 5.56 Å². The average Bonchev–Trinajstić information content (AvgIpc) is 2.63. The molecule has 0 saturated heterocycles. The fourth-order valence-corrected chi connectivity index (χ4v) is 2.92. The number of carbonyl (C=O) groups excluding carboxylic acids is 2. The predicted molar refractivity (Wildman–Crippen MR) is 106 cm³/mol. The van der Waals surface area contributed by atoms with Gasteiger partial charge in [-0.25, -0.2) is 4.79 Å². The van der Waals surface area contributed by atoms with Crippen molar-refractivity contribution in [2.24, 2.45) is 5.73 Å². The standard InChI is InChI=1S/C17H25N3O4S2/c1-26-8-7-13(16(22)20-14(10-25)17(23)24)19-15(21)12(18)9-11-5-3-2-4-6-11/h2-6,12-14,25H,7-10,18H2,1H3,(H,19,21)(H,20,22)(H,23,24). The molecule has 3 atom stereocenters. The molecule has 0 radical (unpaired) electrons. The predicted octanol–water partition coefficient (Wildman–Crippen LogP) is 0.294. The molecule has 2 amide bonds. The highest BCUT2D eigenvalue weighted by atomic mass is 32.2. The van der Waals surface area contributed by atoms with Crippen LogP contribution in [-0.2, 0) is 20.8 Å². The van der Waals surface area contributed by atoms with Crippen LogP contribution < -0.4 is 16.4 Å². The molecule has 1 aromatic rings. The van der Waals surface area contributed by atoms with E-state index in [1.165, 1.54) is 11.8 Å². The maximum absolute atomic E-state index is 12.4. The number of carboxylic acids is 1. The summed E-state index contributed by atoms with van der Waals surface area (Å²) in [7, 11) is 0. The first-order valence-electron chi connectivity index (χ1n) is 8.11. The lowest BCUT2D eigenvalue weighted by Gasteiger charge is -2.22. The topological polar surface area (TPSA) is 122 Å². The SMILES string of the molecule is CSCCC(NC(=O)C(N)Cc1ccccc1)C(=O)NC(CS)C(=O)O. The number of carbonyl (C=O) groups is 3. The molecule has 0 aliphatic carbocycles. The summed E-state index contributed by atoms with van der Waals surface area (Å²) in [5, 5.41) is 14.1. The van der Waals surface area contributed by atoms with Crippen LogP contribution >= 0.6 is 24.4 Å². The molecule has 0 aliphatic rings. The summed E-state index contributed by atoms with van der Waals surface area (Å²) in [6, 6.07) is 6.57. The van der Waals surface area contributed by atoms with Gasteiger partial charge in [-0.1, -0.05) is 30.3 Å². The van der Waals surface area contributed by atoms with Crippen molar-refractivity contribution in [2.45, 2.75) is 31.0 Å². The van der Waals surface area contributed by atoms with Gasteiger partial charge in [-0.3, -0.25) is 9.59 Å². The van der Waals surface area contributed by atoms with E-state index in [-0.39, 0.29) is 5.75 Å². The fourth-order valence-electron chi connectivity index (χ4n) is 2.20. The number of rotatable bonds is 11. The number of hydrogen-bond donors (Lipinski definition) is 5. The van der Waals surface area contributed by atoms with Gasteiger partial charge < -0.3 is 21.5 Å². The number of amides is 2. The molecule has 26 heavy (non-hydrogen) atoms. The van der Waals surface area contributed by atoms with Crippen LogP contribution in [0.25, 0.3) is 0 Å². The second kappa shape index (κ2) is 11.8. The molecule has 144 valence electrons. The molecule has 0 saturated carbocycles. The van der Waals surface area contributed by atoms with Crippen LogP contribution in [0.5, 0.6) is 0 Å². The Morgan fingerprint density at radius 1 is 1.15 bits per heavy atom. The molecule has 7 nitrogen and oxygen atoms in total. The maximum Gasteiger partial charge on any atom is 0.327 e. The third-order valence-electron chi connectivity index (χ3n) is 3.68. The zero-order valence-corrected chi connectivity index (χ0v) is 16.3. The molecular formula is C17H25N3O4S2. The monoisotopic (exact) mass is 399 g/mol. The lowest BCUT2D eigenvalue weighted by molar-refractivity contribution is -0.141. The number of benzene rings is 1. The molecule has 0 aliphatic heterocycles. The second-order valence-corrected chi connectivity index (χ2v) is 7.07. The van der Waals surface area contributed by atoms with Crippen LogP contribution in [0.2, 0.25) is 0 Å². The molecule has 0 spiro atoms. The Morgan fingerprint density at radius 3 is 2.31 bits per heavy atom. The van der Waals surface area contributed by atoms with E-state index in [4.69, 9.17) is 10.8 Å². The summed E-state index contributed by atoms with van der Waals surface area (Å²) in [5.74, 6) is -1.60. The average molecular weight is 400 g/mol. The zero-order chi connectivity index (χ0) is 19.5. The minimum absolute atomic E-state index is 0.0439. The van der Waals surface area contributed by atoms with Crippen molar-refractivity contribution in [3.05, 3.63) is 35.9 Å². The molecular weight excluding hydrogens is 374 g/mol. The Bertz CT molecular complexity index is 601. The van der Waals surface area contributed by atoms with Crippen molar-refractivity contribution in [3.63, 3.8) is 0 Å². The highest BCUT2D eigenvalue weighted by molar-refractivity contribution is 7.98. The lowest BCUT2D eigenvalue weighted by atomic mass is 10.1. The van der Waals surface area contributed by atoms with Gasteiger partial charge in [0.05, 0.1) is 6.04 Å². The van der Waals surface area contributed by atoms with Gasteiger partial charge in [0.25, 0.3) is 0 Å². The van der Waals surface area contributed by atoms with Crippen LogP contribution in [0, 0.1) is 0 Å². The van der Waals surface area contributed by atoms with Gasteiger partial charge in [-0.15, -0.1) is 0 Å². The number of hydrogen-bond acceptors (Lipinski definition) is 6. The van der Waals surface area contributed by atoms with Crippen LogP contribution in [0.4, 0.5) is 0 Å². The molecule has 1 aromatic carbocycles. The van der Waals surface area contributed by atoms with Crippen LogP contribution in [0.1, 0.15) is 12.0 Å². The van der Waals surface area contributed by atoms with E-state index in [1.54, 1.807) is 0 Å². The third kappa shape index (κ3) is 7.67. The van der Waals surface area contributed by atoms with Crippen molar-refractivity contribution < 1.29 is 19.5 Å². The van der Waals surface area contributed by atoms with Gasteiger partial charge in [0.2, 0.25) is 11.8 Å². The Morgan fingerprint density at radius 2 is 1.77 bits per heavy atom. The van der Waals surface area contributed by atoms with Gasteiger partial charge in [-0.05, 0) is 30.4 Å². The van der Waals surface area contributed by atoms with Gasteiger partial charge in [0.15, 0.2) is 0 Å². The number of carboxylic acid groups (broad SMARTS) is 1. The molecule has 0 heterocycles. The van der Waals surface area contributed by atoms with E-state index >= 15 is 0 Å². The maximum atomic E-state index is 12.4. The van der Waals surface area contributed by atoms with E-state index < -0.39 is 35.9 Å². The third-order valence-corrected chi connectivity index (χ3v) is 4.69. The fraction of sp³-hybridized carbons (Fsp3) is 0.471. The number of nitrogens with two attached hydrogens (primary N) is 1. The van der Waals surface area contributed by atoms with Gasteiger partial charge in [0.1, 0.15) is 12.1 Å². The summed E-state index contributed by atoms with van der Waals surface area (Å²) in [6.45, 7) is 0.